The Hall–Kier alpha value is -10.1. The van der Waals surface area contributed by atoms with Crippen LogP contribution < -0.4 is 0 Å². The fourth-order valence-electron chi connectivity index (χ4n) is 17.7. The van der Waals surface area contributed by atoms with Crippen LogP contribution in [0.2, 0.25) is 0 Å². The van der Waals surface area contributed by atoms with Crippen LogP contribution >= 0.6 is 0 Å². The molecule has 0 aliphatic heterocycles. The maximum absolute atomic E-state index is 2.60. The quantitative estimate of drug-likeness (QED) is 0.107. The summed E-state index contributed by atoms with van der Waals surface area (Å²) in [4.78, 5) is 0. The molecule has 0 bridgehead atoms. The zero-order valence-corrected chi connectivity index (χ0v) is 53.6. The molecular formula is C92H74. The van der Waals surface area contributed by atoms with Crippen LogP contribution in [-0.4, -0.2) is 0 Å². The summed E-state index contributed by atoms with van der Waals surface area (Å²) >= 11 is 0. The lowest BCUT2D eigenvalue weighted by molar-refractivity contribution is 0.490. The van der Waals surface area contributed by atoms with Gasteiger partial charge in [-0.3, -0.25) is 0 Å². The minimum atomic E-state index is -0.162. The highest BCUT2D eigenvalue weighted by atomic mass is 14.5. The van der Waals surface area contributed by atoms with Gasteiger partial charge in [-0.2, -0.15) is 0 Å². The Bertz CT molecular complexity index is 5340. The van der Waals surface area contributed by atoms with Gasteiger partial charge in [0.25, 0.3) is 0 Å². The molecule has 0 radical (unpaired) electrons. The molecule has 17 rings (SSSR count). The summed E-state index contributed by atoms with van der Waals surface area (Å²) in [6.07, 6.45) is 6.10. The number of fused-ring (bicyclic) bond motifs is 12. The summed E-state index contributed by atoms with van der Waals surface area (Å²) in [7, 11) is 0. The predicted octanol–water partition coefficient (Wildman–Crippen LogP) is 25.9. The van der Waals surface area contributed by atoms with Gasteiger partial charge in [-0.1, -0.05) is 284 Å². The number of aryl methyl sites for hydroxylation is 2. The van der Waals surface area contributed by atoms with Gasteiger partial charge in [0.15, 0.2) is 0 Å². The summed E-state index contributed by atoms with van der Waals surface area (Å²) in [5, 5.41) is 15.4. The number of hydrogen-bond donors (Lipinski definition) is 0. The molecule has 0 saturated carbocycles. The Kier molecular flexibility index (Phi) is 13.2. The van der Waals surface area contributed by atoms with E-state index in [2.05, 4.69) is 308 Å². The third-order valence-electron chi connectivity index (χ3n) is 22.4. The lowest BCUT2D eigenvalue weighted by Gasteiger charge is -2.31. The molecule has 15 aromatic carbocycles. The SMILES string of the molecule is CCc1ccc(-c2c3ccccc3c(-c3ccc4c(c3)C(CC)(CC)c3cc(-c5ccc6c(c5)C(CC)(CC)c5cc(-c7c8ccccc8c(-c8c9ccccc9c(-c9ccc(CC)cc9)c9ccccc89)c8ccccc78)ccc5-6)ccc3-4)c3ccccc23)cc1. The van der Waals surface area contributed by atoms with Crippen molar-refractivity contribution in [2.24, 2.45) is 0 Å². The Morgan fingerprint density at radius 3 is 0.620 bits per heavy atom. The zero-order chi connectivity index (χ0) is 62.0. The highest BCUT2D eigenvalue weighted by Gasteiger charge is 2.43. The summed E-state index contributed by atoms with van der Waals surface area (Å²) in [5.41, 5.74) is 29.2. The smallest absolute Gasteiger partial charge is 0.0210 e. The molecule has 0 aromatic heterocycles. The molecule has 2 aliphatic carbocycles. The molecule has 0 spiro atoms. The molecule has 0 fully saturated rings. The van der Waals surface area contributed by atoms with Crippen LogP contribution in [0.1, 0.15) is 101 Å². The molecule has 0 heterocycles. The van der Waals surface area contributed by atoms with E-state index >= 15 is 0 Å². The van der Waals surface area contributed by atoms with E-state index in [-0.39, 0.29) is 10.8 Å². The van der Waals surface area contributed by atoms with Crippen molar-refractivity contribution >= 4 is 64.6 Å². The van der Waals surface area contributed by atoms with Gasteiger partial charge < -0.3 is 0 Å². The molecule has 0 heteroatoms. The monoisotopic (exact) mass is 1180 g/mol. The fourth-order valence-corrected chi connectivity index (χ4v) is 17.7. The second kappa shape index (κ2) is 21.8. The number of hydrogen-bond acceptors (Lipinski definition) is 0. The molecule has 92 heavy (non-hydrogen) atoms. The largest absolute Gasteiger partial charge is 0.0642 e. The van der Waals surface area contributed by atoms with E-state index in [1.54, 1.807) is 0 Å². The van der Waals surface area contributed by atoms with Crippen LogP contribution in [0.15, 0.2) is 267 Å². The molecule has 442 valence electrons. The van der Waals surface area contributed by atoms with Crippen LogP contribution in [0.3, 0.4) is 0 Å². The van der Waals surface area contributed by atoms with Crippen molar-refractivity contribution in [3.63, 3.8) is 0 Å². The maximum atomic E-state index is 2.60. The molecule has 15 aromatic rings. The van der Waals surface area contributed by atoms with Crippen LogP contribution in [0.5, 0.6) is 0 Å². The van der Waals surface area contributed by atoms with E-state index in [4.69, 9.17) is 0 Å². The Labute approximate surface area is 541 Å². The Morgan fingerprint density at radius 1 is 0.196 bits per heavy atom. The lowest BCUT2D eigenvalue weighted by atomic mass is 9.72. The van der Waals surface area contributed by atoms with Crippen molar-refractivity contribution in [3.8, 4) is 89.0 Å². The van der Waals surface area contributed by atoms with Gasteiger partial charge in [0.1, 0.15) is 0 Å². The van der Waals surface area contributed by atoms with Gasteiger partial charge in [-0.25, -0.2) is 0 Å². The molecular weight excluding hydrogens is 1110 g/mol. The van der Waals surface area contributed by atoms with Gasteiger partial charge in [0.2, 0.25) is 0 Å². The highest BCUT2D eigenvalue weighted by molar-refractivity contribution is 6.30. The van der Waals surface area contributed by atoms with Crippen LogP contribution in [0.4, 0.5) is 0 Å². The minimum Gasteiger partial charge on any atom is -0.0642 e. The molecule has 0 nitrogen and oxygen atoms in total. The van der Waals surface area contributed by atoms with Crippen molar-refractivity contribution in [2.75, 3.05) is 0 Å². The van der Waals surface area contributed by atoms with E-state index < -0.39 is 0 Å². The van der Waals surface area contributed by atoms with E-state index in [9.17, 15) is 0 Å². The lowest BCUT2D eigenvalue weighted by Crippen LogP contribution is -2.23. The van der Waals surface area contributed by atoms with Crippen LogP contribution in [-0.2, 0) is 23.7 Å². The highest BCUT2D eigenvalue weighted by Crippen LogP contribution is 2.59. The van der Waals surface area contributed by atoms with E-state index in [1.807, 2.05) is 0 Å². The summed E-state index contributed by atoms with van der Waals surface area (Å²) < 4.78 is 0. The van der Waals surface area contributed by atoms with Gasteiger partial charge in [-0.05, 0) is 250 Å². The number of benzene rings is 15. The molecule has 2 aliphatic rings. The van der Waals surface area contributed by atoms with Gasteiger partial charge in [0.05, 0.1) is 0 Å². The average Bonchev–Trinajstić information content (AvgIpc) is 1.05. The van der Waals surface area contributed by atoms with Crippen LogP contribution in [0, 0.1) is 0 Å². The maximum Gasteiger partial charge on any atom is 0.0210 e. The van der Waals surface area contributed by atoms with Gasteiger partial charge >= 0.3 is 0 Å². The Morgan fingerprint density at radius 2 is 0.391 bits per heavy atom. The number of rotatable bonds is 12. The van der Waals surface area contributed by atoms with E-state index in [0.717, 1.165) is 38.5 Å². The zero-order valence-electron chi connectivity index (χ0n) is 53.6. The fraction of sp³-hybridized carbons (Fsp3) is 0.152. The predicted molar refractivity (Wildman–Crippen MR) is 396 cm³/mol. The van der Waals surface area contributed by atoms with Crippen molar-refractivity contribution < 1.29 is 0 Å². The van der Waals surface area contributed by atoms with Crippen molar-refractivity contribution in [1.29, 1.82) is 0 Å². The first-order valence-electron chi connectivity index (χ1n) is 33.9. The second-order valence-corrected chi connectivity index (χ2v) is 26.2. The summed E-state index contributed by atoms with van der Waals surface area (Å²) in [6, 6.07) is 103. The first kappa shape index (κ1) is 55.9. The molecule has 0 atom stereocenters. The normalized spacial score (nSPS) is 13.5. The second-order valence-electron chi connectivity index (χ2n) is 26.2. The van der Waals surface area contributed by atoms with Gasteiger partial charge in [-0.15, -0.1) is 0 Å². The van der Waals surface area contributed by atoms with Crippen molar-refractivity contribution in [1.82, 2.24) is 0 Å². The standard InChI is InChI=1S/C92H74/c1-7-57-37-41-59(42-38-57)85-69-25-13-15-27-71(69)87(72-28-16-14-26-70(72)85)63-47-51-67-65-49-45-61(53-81(65)91(9-3,10-4)83(67)55-63)62-46-50-66-68-52-48-64(56-84(68)92(11-5,12-6)82(66)54-62)88-75-31-19-23-35-79(75)90(80-36-24-20-32-76(80)88)89-77-33-21-17-29-73(77)86(74-30-18-22-34-78(74)89)60-43-39-58(8-2)40-44-60/h13-56H,7-12H2,1-6H3. The topological polar surface area (TPSA) is 0 Å². The molecule has 0 unspecified atom stereocenters. The average molecular weight is 1180 g/mol. The minimum absolute atomic E-state index is 0.136. The molecule has 0 saturated heterocycles. The summed E-state index contributed by atoms with van der Waals surface area (Å²) in [6.45, 7) is 14.1. The van der Waals surface area contributed by atoms with Crippen LogP contribution in [0.25, 0.3) is 154 Å². The first-order valence-corrected chi connectivity index (χ1v) is 33.9. The van der Waals surface area contributed by atoms with E-state index in [0.29, 0.717) is 0 Å². The third-order valence-corrected chi connectivity index (χ3v) is 22.4. The summed E-state index contributed by atoms with van der Waals surface area (Å²) in [5.74, 6) is 0. The molecule has 0 N–H and O–H groups in total. The van der Waals surface area contributed by atoms with Gasteiger partial charge in [0, 0.05) is 10.8 Å². The van der Waals surface area contributed by atoms with E-state index in [1.165, 1.54) is 187 Å². The van der Waals surface area contributed by atoms with Crippen molar-refractivity contribution in [3.05, 3.63) is 300 Å². The first-order chi connectivity index (χ1) is 45.3. The third kappa shape index (κ3) is 8.08. The molecule has 0 amide bonds. The Balaban J connectivity index is 0.769. The van der Waals surface area contributed by atoms with Crippen molar-refractivity contribution in [2.45, 2.75) is 90.9 Å².